The summed E-state index contributed by atoms with van der Waals surface area (Å²) in [5.74, 6) is 0.576. The normalized spacial score (nSPS) is 13.7. The number of hydrogen-bond donors (Lipinski definition) is 2. The third-order valence-electron chi connectivity index (χ3n) is 4.34. The van der Waals surface area contributed by atoms with Gasteiger partial charge in [0.05, 0.1) is 6.54 Å². The lowest BCUT2D eigenvalue weighted by Crippen LogP contribution is -2.46. The van der Waals surface area contributed by atoms with Crippen LogP contribution in [0.3, 0.4) is 0 Å². The summed E-state index contributed by atoms with van der Waals surface area (Å²) in [5.41, 5.74) is 7.89. The van der Waals surface area contributed by atoms with Crippen LogP contribution in [0.1, 0.15) is 18.4 Å². The second-order valence-corrected chi connectivity index (χ2v) is 6.30. The van der Waals surface area contributed by atoms with E-state index in [4.69, 9.17) is 5.73 Å². The van der Waals surface area contributed by atoms with Gasteiger partial charge in [-0.15, -0.1) is 24.8 Å². The molecule has 1 heterocycles. The van der Waals surface area contributed by atoms with Gasteiger partial charge in [-0.25, -0.2) is 0 Å². The van der Waals surface area contributed by atoms with E-state index in [2.05, 4.69) is 15.2 Å². The summed E-state index contributed by atoms with van der Waals surface area (Å²) in [5, 5.41) is 3.09. The Morgan fingerprint density at radius 3 is 2.50 bits per heavy atom. The Bertz CT molecular complexity index is 653. The van der Waals surface area contributed by atoms with Crippen molar-refractivity contribution >= 4 is 36.4 Å². The molecule has 1 aliphatic carbocycles. The first kappa shape index (κ1) is 22.2. The maximum Gasteiger partial charge on any atom is 0.239 e. The highest BCUT2D eigenvalue weighted by molar-refractivity contribution is 5.85. The van der Waals surface area contributed by atoms with Crippen molar-refractivity contribution in [3.8, 4) is 0 Å². The minimum atomic E-state index is 0. The molecule has 1 amide bonds. The van der Waals surface area contributed by atoms with Crippen LogP contribution in [-0.2, 0) is 11.3 Å². The number of nitrogens with one attached hydrogen (secondary N) is 1. The maximum atomic E-state index is 12.5. The smallest absolute Gasteiger partial charge is 0.239 e. The fourth-order valence-corrected chi connectivity index (χ4v) is 2.88. The van der Waals surface area contributed by atoms with Gasteiger partial charge in [-0.3, -0.25) is 9.78 Å². The highest BCUT2D eigenvalue weighted by Gasteiger charge is 2.31. The number of nitrogens with two attached hydrogens (primary N) is 1. The molecule has 0 spiro atoms. The number of rotatable bonds is 8. The van der Waals surface area contributed by atoms with Crippen LogP contribution >= 0.6 is 24.8 Å². The summed E-state index contributed by atoms with van der Waals surface area (Å²) in [4.78, 5) is 18.7. The summed E-state index contributed by atoms with van der Waals surface area (Å²) >= 11 is 0. The number of benzene rings is 1. The van der Waals surface area contributed by atoms with Gasteiger partial charge in [0.25, 0.3) is 0 Å². The lowest BCUT2D eigenvalue weighted by atomic mass is 10.2. The molecular formula is C19H26Cl2N4O. The van der Waals surface area contributed by atoms with Gasteiger partial charge >= 0.3 is 0 Å². The zero-order valence-electron chi connectivity index (χ0n) is 14.6. The fourth-order valence-electron chi connectivity index (χ4n) is 2.88. The molecule has 1 unspecified atom stereocenters. The van der Waals surface area contributed by atoms with E-state index in [0.29, 0.717) is 25.6 Å². The quantitative estimate of drug-likeness (QED) is 0.719. The first-order valence-corrected chi connectivity index (χ1v) is 8.44. The molecule has 1 saturated carbocycles. The highest BCUT2D eigenvalue weighted by atomic mass is 35.5. The van der Waals surface area contributed by atoms with Gasteiger partial charge in [0.2, 0.25) is 5.91 Å². The minimum absolute atomic E-state index is 0. The number of anilines is 1. The van der Waals surface area contributed by atoms with E-state index in [0.717, 1.165) is 11.3 Å². The minimum Gasteiger partial charge on any atom is -0.358 e. The van der Waals surface area contributed by atoms with Gasteiger partial charge in [0.1, 0.15) is 0 Å². The van der Waals surface area contributed by atoms with E-state index in [1.165, 1.54) is 12.8 Å². The second-order valence-electron chi connectivity index (χ2n) is 6.30. The average Bonchev–Trinajstić information content (AvgIpc) is 3.46. The van der Waals surface area contributed by atoms with Crippen molar-refractivity contribution in [2.45, 2.75) is 25.4 Å². The zero-order chi connectivity index (χ0) is 16.8. The Hall–Kier alpha value is -1.82. The van der Waals surface area contributed by atoms with Crippen molar-refractivity contribution in [3.05, 3.63) is 60.4 Å². The van der Waals surface area contributed by atoms with Gasteiger partial charge in [0.15, 0.2) is 0 Å². The fraction of sp³-hybridized carbons (Fsp3) is 0.368. The van der Waals surface area contributed by atoms with Crippen LogP contribution in [0.5, 0.6) is 0 Å². The molecule has 1 atom stereocenters. The molecule has 0 radical (unpaired) electrons. The number of amides is 1. The first-order valence-electron chi connectivity index (χ1n) is 8.44. The Morgan fingerprint density at radius 2 is 1.92 bits per heavy atom. The molecule has 1 fully saturated rings. The molecule has 0 bridgehead atoms. The molecule has 0 saturated heterocycles. The van der Waals surface area contributed by atoms with Crippen LogP contribution in [0.25, 0.3) is 0 Å². The Kier molecular flexibility index (Phi) is 9.41. The van der Waals surface area contributed by atoms with Crippen molar-refractivity contribution in [1.29, 1.82) is 0 Å². The predicted molar refractivity (Wildman–Crippen MR) is 110 cm³/mol. The third-order valence-corrected chi connectivity index (χ3v) is 4.34. The van der Waals surface area contributed by atoms with Crippen LogP contribution in [0.4, 0.5) is 5.69 Å². The van der Waals surface area contributed by atoms with E-state index in [1.54, 1.807) is 6.20 Å². The molecule has 7 heteroatoms. The largest absolute Gasteiger partial charge is 0.358 e. The Morgan fingerprint density at radius 1 is 1.19 bits per heavy atom. The molecule has 0 aliphatic heterocycles. The van der Waals surface area contributed by atoms with E-state index < -0.39 is 0 Å². The number of nitrogens with zero attached hydrogens (tertiary/aromatic N) is 2. The second kappa shape index (κ2) is 11.0. The summed E-state index contributed by atoms with van der Waals surface area (Å²) < 4.78 is 0. The van der Waals surface area contributed by atoms with Crippen LogP contribution in [-0.4, -0.2) is 30.0 Å². The zero-order valence-corrected chi connectivity index (χ0v) is 16.2. The molecule has 1 aromatic heterocycles. The van der Waals surface area contributed by atoms with Crippen LogP contribution in [0.15, 0.2) is 54.9 Å². The number of pyridine rings is 1. The number of aromatic nitrogens is 1. The van der Waals surface area contributed by atoms with Crippen molar-refractivity contribution in [2.24, 2.45) is 11.7 Å². The molecule has 3 N–H and O–H groups in total. The summed E-state index contributed by atoms with van der Waals surface area (Å²) in [6.07, 6.45) is 5.92. The van der Waals surface area contributed by atoms with Gasteiger partial charge in [-0.1, -0.05) is 24.3 Å². The van der Waals surface area contributed by atoms with Crippen LogP contribution in [0, 0.1) is 5.92 Å². The van der Waals surface area contributed by atoms with Gasteiger partial charge < -0.3 is 16.0 Å². The van der Waals surface area contributed by atoms with Crippen molar-refractivity contribution in [1.82, 2.24) is 10.3 Å². The average molecular weight is 397 g/mol. The third kappa shape index (κ3) is 6.48. The number of halogens is 2. The number of hydrogen-bond acceptors (Lipinski definition) is 4. The van der Waals surface area contributed by atoms with E-state index in [9.17, 15) is 4.79 Å². The number of para-hydroxylation sites is 1. The van der Waals surface area contributed by atoms with Gasteiger partial charge in [-0.05, 0) is 42.5 Å². The van der Waals surface area contributed by atoms with Crippen molar-refractivity contribution < 1.29 is 4.79 Å². The molecule has 3 rings (SSSR count). The molecule has 26 heavy (non-hydrogen) atoms. The monoisotopic (exact) mass is 396 g/mol. The van der Waals surface area contributed by atoms with Crippen LogP contribution in [0.2, 0.25) is 0 Å². The molecule has 2 aromatic rings. The summed E-state index contributed by atoms with van der Waals surface area (Å²) in [7, 11) is 0. The Balaban J connectivity index is 0.00000169. The summed E-state index contributed by atoms with van der Waals surface area (Å²) in [6.45, 7) is 1.45. The van der Waals surface area contributed by atoms with E-state index in [-0.39, 0.29) is 36.8 Å². The molecule has 5 nitrogen and oxygen atoms in total. The molecule has 142 valence electrons. The molecule has 1 aromatic carbocycles. The maximum absolute atomic E-state index is 12.5. The Labute approximate surface area is 167 Å². The molecular weight excluding hydrogens is 371 g/mol. The topological polar surface area (TPSA) is 71.2 Å². The number of carbonyl (C=O) groups is 1. The summed E-state index contributed by atoms with van der Waals surface area (Å²) in [6, 6.07) is 14.0. The SMILES string of the molecule is Cl.Cl.NCC(NC(=O)CN(Cc1cccnc1)c1ccccc1)C1CC1. The van der Waals surface area contributed by atoms with Gasteiger partial charge in [-0.2, -0.15) is 0 Å². The lowest BCUT2D eigenvalue weighted by molar-refractivity contribution is -0.120. The highest BCUT2D eigenvalue weighted by Crippen LogP contribution is 2.32. The lowest BCUT2D eigenvalue weighted by Gasteiger charge is -2.26. The first-order chi connectivity index (χ1) is 11.8. The van der Waals surface area contributed by atoms with Gasteiger partial charge in [0, 0.05) is 37.2 Å². The van der Waals surface area contributed by atoms with E-state index >= 15 is 0 Å². The van der Waals surface area contributed by atoms with Crippen LogP contribution < -0.4 is 16.0 Å². The molecule has 1 aliphatic rings. The van der Waals surface area contributed by atoms with Crippen molar-refractivity contribution in [3.63, 3.8) is 0 Å². The van der Waals surface area contributed by atoms with Crippen molar-refractivity contribution in [2.75, 3.05) is 18.0 Å². The van der Waals surface area contributed by atoms with E-state index in [1.807, 2.05) is 48.7 Å². The predicted octanol–water partition coefficient (Wildman–Crippen LogP) is 2.79. The standard InChI is InChI=1S/C19H24N4O.2ClH/c20-11-18(16-8-9-16)22-19(24)14-23(17-6-2-1-3-7-17)13-15-5-4-10-21-12-15;;/h1-7,10,12,16,18H,8-9,11,13-14,20H2,(H,22,24);2*1H. The number of carbonyl (C=O) groups excluding carboxylic acids is 1.